The van der Waals surface area contributed by atoms with Gasteiger partial charge in [-0.1, -0.05) is 12.1 Å². The second-order valence-electron chi connectivity index (χ2n) is 5.98. The van der Waals surface area contributed by atoms with E-state index in [1.165, 1.54) is 6.20 Å². The van der Waals surface area contributed by atoms with E-state index in [-0.39, 0.29) is 11.2 Å². The molecule has 1 aromatic carbocycles. The van der Waals surface area contributed by atoms with Crippen LogP contribution in [0.3, 0.4) is 0 Å². The molecule has 2 N–H and O–H groups in total. The first-order chi connectivity index (χ1) is 10.3. The van der Waals surface area contributed by atoms with E-state index in [1.54, 1.807) is 12.3 Å². The Morgan fingerprint density at radius 2 is 1.91 bits per heavy atom. The number of carboxylic acids is 1. The van der Waals surface area contributed by atoms with Crippen molar-refractivity contribution in [3.63, 3.8) is 0 Å². The van der Waals surface area contributed by atoms with Crippen LogP contribution in [-0.4, -0.2) is 21.7 Å². The normalized spacial score (nSPS) is 11.0. The van der Waals surface area contributed by atoms with Crippen LogP contribution in [0, 0.1) is 0 Å². The van der Waals surface area contributed by atoms with Crippen LogP contribution >= 0.6 is 0 Å². The highest BCUT2D eigenvalue weighted by Crippen LogP contribution is 2.19. The van der Waals surface area contributed by atoms with Crippen LogP contribution in [0.4, 0.5) is 5.69 Å². The lowest BCUT2D eigenvalue weighted by Crippen LogP contribution is -2.22. The summed E-state index contributed by atoms with van der Waals surface area (Å²) >= 11 is 0. The van der Waals surface area contributed by atoms with E-state index in [1.807, 2.05) is 45.0 Å². The number of aromatic carboxylic acids is 1. The van der Waals surface area contributed by atoms with Crippen molar-refractivity contribution in [2.45, 2.75) is 32.9 Å². The van der Waals surface area contributed by atoms with Crippen LogP contribution in [0.2, 0.25) is 0 Å². The van der Waals surface area contributed by atoms with Crippen molar-refractivity contribution in [2.75, 3.05) is 5.32 Å². The molecular formula is C17H20N2O3. The van der Waals surface area contributed by atoms with Crippen molar-refractivity contribution in [3.8, 4) is 5.75 Å². The Hall–Kier alpha value is -2.56. The maximum absolute atomic E-state index is 10.9. The third-order valence-corrected chi connectivity index (χ3v) is 2.83. The molecule has 0 amide bonds. The Morgan fingerprint density at radius 3 is 2.50 bits per heavy atom. The number of hydrogen-bond acceptors (Lipinski definition) is 4. The summed E-state index contributed by atoms with van der Waals surface area (Å²) in [7, 11) is 0. The molecule has 0 atom stereocenters. The molecule has 1 aromatic heterocycles. The van der Waals surface area contributed by atoms with Gasteiger partial charge < -0.3 is 15.2 Å². The summed E-state index contributed by atoms with van der Waals surface area (Å²) in [6.45, 7) is 6.60. The minimum absolute atomic E-state index is 0.166. The van der Waals surface area contributed by atoms with Crippen LogP contribution in [0.1, 0.15) is 36.7 Å². The van der Waals surface area contributed by atoms with Gasteiger partial charge >= 0.3 is 5.97 Å². The maximum atomic E-state index is 10.9. The summed E-state index contributed by atoms with van der Waals surface area (Å²) in [5.74, 6) is -0.161. The van der Waals surface area contributed by atoms with Crippen molar-refractivity contribution >= 4 is 11.7 Å². The number of aromatic nitrogens is 1. The highest BCUT2D eigenvalue weighted by Gasteiger charge is 2.11. The monoisotopic (exact) mass is 300 g/mol. The molecule has 0 fully saturated rings. The second-order valence-corrected chi connectivity index (χ2v) is 5.98. The number of benzene rings is 1. The smallest absolute Gasteiger partial charge is 0.337 e. The minimum atomic E-state index is -0.986. The topological polar surface area (TPSA) is 71.5 Å². The van der Waals surface area contributed by atoms with E-state index in [4.69, 9.17) is 9.84 Å². The first-order valence-corrected chi connectivity index (χ1v) is 7.04. The Labute approximate surface area is 130 Å². The van der Waals surface area contributed by atoms with Crippen LogP contribution in [-0.2, 0) is 6.54 Å². The number of hydrogen-bond donors (Lipinski definition) is 2. The van der Waals surface area contributed by atoms with Crippen LogP contribution < -0.4 is 10.1 Å². The van der Waals surface area contributed by atoms with Gasteiger partial charge in [-0.3, -0.25) is 4.98 Å². The van der Waals surface area contributed by atoms with Gasteiger partial charge in [0, 0.05) is 18.9 Å². The van der Waals surface area contributed by atoms with Gasteiger partial charge in [0.15, 0.2) is 0 Å². The quantitative estimate of drug-likeness (QED) is 0.883. The van der Waals surface area contributed by atoms with Gasteiger partial charge in [0.2, 0.25) is 0 Å². The predicted molar refractivity (Wildman–Crippen MR) is 85.3 cm³/mol. The molecule has 0 unspecified atom stereocenters. The molecule has 5 nitrogen and oxygen atoms in total. The van der Waals surface area contributed by atoms with Crippen molar-refractivity contribution in [2.24, 2.45) is 0 Å². The molecule has 0 saturated heterocycles. The maximum Gasteiger partial charge on any atom is 0.337 e. The molecule has 0 aliphatic heterocycles. The van der Waals surface area contributed by atoms with Crippen molar-refractivity contribution in [3.05, 3.63) is 53.9 Å². The van der Waals surface area contributed by atoms with Crippen LogP contribution in [0.15, 0.2) is 42.7 Å². The van der Waals surface area contributed by atoms with Gasteiger partial charge in [0.1, 0.15) is 11.4 Å². The highest BCUT2D eigenvalue weighted by atomic mass is 16.5. The molecule has 1 heterocycles. The van der Waals surface area contributed by atoms with E-state index < -0.39 is 5.97 Å². The van der Waals surface area contributed by atoms with Crippen LogP contribution in [0.5, 0.6) is 5.75 Å². The number of anilines is 1. The molecule has 0 aliphatic rings. The number of carboxylic acid groups (broad SMARTS) is 1. The molecule has 2 rings (SSSR count). The fourth-order valence-electron chi connectivity index (χ4n) is 1.89. The third-order valence-electron chi connectivity index (χ3n) is 2.83. The zero-order chi connectivity index (χ0) is 16.2. The minimum Gasteiger partial charge on any atom is -0.488 e. The van der Waals surface area contributed by atoms with Gasteiger partial charge in [-0.25, -0.2) is 4.79 Å². The van der Waals surface area contributed by atoms with Gasteiger partial charge in [-0.15, -0.1) is 0 Å². The molecule has 0 radical (unpaired) electrons. The Morgan fingerprint density at radius 1 is 1.23 bits per heavy atom. The zero-order valence-electron chi connectivity index (χ0n) is 13.0. The number of nitrogens with zero attached hydrogens (tertiary/aromatic N) is 1. The van der Waals surface area contributed by atoms with Crippen molar-refractivity contribution < 1.29 is 14.6 Å². The van der Waals surface area contributed by atoms with E-state index in [0.717, 1.165) is 11.3 Å². The molecule has 0 saturated carbocycles. The summed E-state index contributed by atoms with van der Waals surface area (Å²) in [5, 5.41) is 12.1. The number of nitrogens with one attached hydrogen (secondary N) is 1. The number of ether oxygens (including phenoxy) is 1. The lowest BCUT2D eigenvalue weighted by atomic mass is 10.1. The van der Waals surface area contributed by atoms with E-state index in [0.29, 0.717) is 12.2 Å². The molecule has 22 heavy (non-hydrogen) atoms. The van der Waals surface area contributed by atoms with Gasteiger partial charge in [0.05, 0.1) is 11.3 Å². The van der Waals surface area contributed by atoms with E-state index in [9.17, 15) is 4.79 Å². The van der Waals surface area contributed by atoms with Crippen molar-refractivity contribution in [1.82, 2.24) is 4.98 Å². The highest BCUT2D eigenvalue weighted by molar-refractivity contribution is 5.88. The van der Waals surface area contributed by atoms with E-state index in [2.05, 4.69) is 10.3 Å². The summed E-state index contributed by atoms with van der Waals surface area (Å²) in [5.41, 5.74) is 1.69. The molecule has 0 aliphatic carbocycles. The SMILES string of the molecule is CC(C)(C)Oc1ccc(CNc2cncc(C(=O)O)c2)cc1. The number of carbonyl (C=O) groups is 1. The molecule has 2 aromatic rings. The first kappa shape index (κ1) is 15.8. The summed E-state index contributed by atoms with van der Waals surface area (Å²) in [4.78, 5) is 14.8. The largest absolute Gasteiger partial charge is 0.488 e. The fraction of sp³-hybridized carbons (Fsp3) is 0.294. The summed E-state index contributed by atoms with van der Waals surface area (Å²) in [6, 6.07) is 9.36. The Bertz CT molecular complexity index is 646. The lowest BCUT2D eigenvalue weighted by molar-refractivity contribution is 0.0696. The average Bonchev–Trinajstić information content (AvgIpc) is 2.45. The zero-order valence-corrected chi connectivity index (χ0v) is 13.0. The average molecular weight is 300 g/mol. The standard InChI is InChI=1S/C17H20N2O3/c1-17(2,3)22-15-6-4-12(5-7-15)9-19-14-8-13(16(20)21)10-18-11-14/h4-8,10-11,19H,9H2,1-3H3,(H,20,21). The third kappa shape index (κ3) is 4.77. The molecule has 0 bridgehead atoms. The Kier molecular flexibility index (Phi) is 4.65. The second kappa shape index (κ2) is 6.47. The molecule has 0 spiro atoms. The lowest BCUT2D eigenvalue weighted by Gasteiger charge is -2.21. The summed E-state index contributed by atoms with van der Waals surface area (Å²) in [6.07, 6.45) is 2.93. The predicted octanol–water partition coefficient (Wildman–Crippen LogP) is 3.57. The number of pyridine rings is 1. The molecule has 5 heteroatoms. The Balaban J connectivity index is 1.97. The summed E-state index contributed by atoms with van der Waals surface area (Å²) < 4.78 is 5.77. The first-order valence-electron chi connectivity index (χ1n) is 7.04. The van der Waals surface area contributed by atoms with Gasteiger partial charge in [0.25, 0.3) is 0 Å². The number of rotatable bonds is 5. The van der Waals surface area contributed by atoms with Gasteiger partial charge in [-0.2, -0.15) is 0 Å². The van der Waals surface area contributed by atoms with E-state index >= 15 is 0 Å². The molecular weight excluding hydrogens is 280 g/mol. The van der Waals surface area contributed by atoms with Crippen molar-refractivity contribution in [1.29, 1.82) is 0 Å². The molecule has 116 valence electrons. The van der Waals surface area contributed by atoms with Crippen LogP contribution in [0.25, 0.3) is 0 Å². The fourth-order valence-corrected chi connectivity index (χ4v) is 1.89. The van der Waals surface area contributed by atoms with Gasteiger partial charge in [-0.05, 0) is 44.5 Å².